The van der Waals surface area contributed by atoms with Crippen LogP contribution < -0.4 is 10.6 Å². The van der Waals surface area contributed by atoms with Gasteiger partial charge in [0, 0.05) is 0 Å². The van der Waals surface area contributed by atoms with Crippen LogP contribution >= 0.6 is 0 Å². The molecule has 1 saturated heterocycles. The Labute approximate surface area is 128 Å². The first-order chi connectivity index (χ1) is 10.1. The van der Waals surface area contributed by atoms with E-state index >= 15 is 0 Å². The average molecular weight is 327 g/mol. The Hall–Kier alpha value is -1.91. The molecule has 0 aliphatic carbocycles. The molecular weight excluding hydrogens is 311 g/mol. The van der Waals surface area contributed by atoms with Crippen LogP contribution in [0.5, 0.6) is 0 Å². The third kappa shape index (κ3) is 3.64. The van der Waals surface area contributed by atoms with Gasteiger partial charge in [0.05, 0.1) is 18.0 Å². The number of rotatable bonds is 2. The summed E-state index contributed by atoms with van der Waals surface area (Å²) >= 11 is 0. The fourth-order valence-electron chi connectivity index (χ4n) is 2.25. The molecule has 120 valence electrons. The van der Waals surface area contributed by atoms with Gasteiger partial charge in [-0.2, -0.15) is 0 Å². The Balaban J connectivity index is 2.43. The zero-order valence-electron chi connectivity index (χ0n) is 12.2. The van der Waals surface area contributed by atoms with Gasteiger partial charge in [0.2, 0.25) is 10.0 Å². The van der Waals surface area contributed by atoms with Gasteiger partial charge >= 0.3 is 6.55 Å². The lowest BCUT2D eigenvalue weighted by Gasteiger charge is -2.41. The molecule has 0 radical (unpaired) electrons. The predicted octanol–water partition coefficient (Wildman–Crippen LogP) is -1.36. The molecule has 1 aliphatic rings. The molecule has 1 heterocycles. The molecular formula is C12H16BN2O6S-. The summed E-state index contributed by atoms with van der Waals surface area (Å²) in [5.41, 5.74) is 0.262. The van der Waals surface area contributed by atoms with Gasteiger partial charge in [0.25, 0.3) is 11.9 Å². The fraction of sp³-hybridized carbons (Fsp3) is 0.333. The van der Waals surface area contributed by atoms with Gasteiger partial charge in [-0.25, -0.2) is 13.6 Å². The summed E-state index contributed by atoms with van der Waals surface area (Å²) in [5, 5.41) is 5.08. The van der Waals surface area contributed by atoms with Crippen molar-refractivity contribution in [2.45, 2.75) is 11.7 Å². The van der Waals surface area contributed by atoms with Crippen LogP contribution in [0.15, 0.2) is 29.2 Å². The molecule has 0 atom stereocenters. The Kier molecular flexibility index (Phi) is 4.27. The van der Waals surface area contributed by atoms with Crippen LogP contribution in [0.4, 0.5) is 0 Å². The van der Waals surface area contributed by atoms with Gasteiger partial charge in [-0.15, -0.1) is 12.3 Å². The second kappa shape index (κ2) is 5.71. The van der Waals surface area contributed by atoms with Crippen molar-refractivity contribution in [1.82, 2.24) is 4.90 Å². The molecule has 1 aromatic rings. The molecule has 0 aromatic heterocycles. The number of carbonyl (C=O) groups is 2. The molecule has 1 fully saturated rings. The van der Waals surface area contributed by atoms with E-state index in [1.165, 1.54) is 36.0 Å². The van der Waals surface area contributed by atoms with Crippen LogP contribution in [0.1, 0.15) is 0 Å². The summed E-state index contributed by atoms with van der Waals surface area (Å²) in [4.78, 5) is 25.0. The maximum Gasteiger partial charge on any atom is 0.377 e. The summed E-state index contributed by atoms with van der Waals surface area (Å²) in [6, 6.07) is 5.50. The first kappa shape index (κ1) is 16.5. The maximum atomic E-state index is 11.8. The monoisotopic (exact) mass is 327 g/mol. The molecule has 2 N–H and O–H groups in total. The highest BCUT2D eigenvalue weighted by Gasteiger charge is 2.34. The Morgan fingerprint density at radius 1 is 1.18 bits per heavy atom. The first-order valence-corrected chi connectivity index (χ1v) is 8.08. The number of hydrogen-bond acceptors (Lipinski definition) is 7. The van der Waals surface area contributed by atoms with Crippen molar-refractivity contribution in [3.63, 3.8) is 0 Å². The molecule has 1 aromatic carbocycles. The molecule has 0 spiro atoms. The minimum Gasteiger partial charge on any atom is -0.652 e. The Morgan fingerprint density at radius 3 is 2.23 bits per heavy atom. The number of likely N-dealkylation sites (N-methyl/N-ethyl adjacent to an activating group) is 1. The summed E-state index contributed by atoms with van der Waals surface area (Å²) in [6.45, 7) is -1.18. The van der Waals surface area contributed by atoms with Crippen LogP contribution in [-0.2, 0) is 28.9 Å². The molecule has 22 heavy (non-hydrogen) atoms. The molecule has 8 nitrogen and oxygen atoms in total. The summed E-state index contributed by atoms with van der Waals surface area (Å²) < 4.78 is 33.4. The molecule has 2 rings (SSSR count). The Morgan fingerprint density at radius 2 is 1.73 bits per heavy atom. The second-order valence-corrected chi connectivity index (χ2v) is 6.92. The number of nitrogens with zero attached hydrogens (tertiary/aromatic N) is 1. The number of benzene rings is 1. The van der Waals surface area contributed by atoms with E-state index in [1.807, 2.05) is 0 Å². The molecule has 0 amide bonds. The van der Waals surface area contributed by atoms with E-state index in [1.54, 1.807) is 7.05 Å². The van der Waals surface area contributed by atoms with Crippen LogP contribution in [0.3, 0.4) is 0 Å². The number of carbonyl (C=O) groups excluding carboxylic acids is 2. The molecule has 0 unspecified atom stereocenters. The topological polar surface area (TPSA) is 116 Å². The highest BCUT2D eigenvalue weighted by Crippen LogP contribution is 2.14. The smallest absolute Gasteiger partial charge is 0.377 e. The van der Waals surface area contributed by atoms with E-state index in [4.69, 9.17) is 14.4 Å². The summed E-state index contributed by atoms with van der Waals surface area (Å²) in [7, 11) is -2.34. The summed E-state index contributed by atoms with van der Waals surface area (Å²) in [6.07, 6.45) is 0. The Bertz CT molecular complexity index is 700. The van der Waals surface area contributed by atoms with Gasteiger partial charge in [-0.3, -0.25) is 14.5 Å². The van der Waals surface area contributed by atoms with Crippen molar-refractivity contribution >= 4 is 34.0 Å². The third-order valence-electron chi connectivity index (χ3n) is 3.30. The highest BCUT2D eigenvalue weighted by atomic mass is 32.2. The van der Waals surface area contributed by atoms with Crippen LogP contribution in [0.2, 0.25) is 6.82 Å². The lowest BCUT2D eigenvalue weighted by Crippen LogP contribution is -2.57. The van der Waals surface area contributed by atoms with Gasteiger partial charge < -0.3 is 9.31 Å². The predicted molar refractivity (Wildman–Crippen MR) is 78.7 cm³/mol. The van der Waals surface area contributed by atoms with E-state index in [9.17, 15) is 18.0 Å². The third-order valence-corrected chi connectivity index (χ3v) is 4.21. The number of hydrogen-bond donors (Lipinski definition) is 1. The van der Waals surface area contributed by atoms with Gasteiger partial charge in [0.1, 0.15) is 0 Å². The van der Waals surface area contributed by atoms with Crippen molar-refractivity contribution in [3.05, 3.63) is 24.3 Å². The van der Waals surface area contributed by atoms with Gasteiger partial charge in [-0.05, 0) is 13.1 Å². The van der Waals surface area contributed by atoms with Crippen molar-refractivity contribution in [3.8, 4) is 0 Å². The lowest BCUT2D eigenvalue weighted by atomic mass is 9.53. The zero-order chi connectivity index (χ0) is 16.5. The van der Waals surface area contributed by atoms with E-state index in [0.717, 1.165) is 0 Å². The van der Waals surface area contributed by atoms with E-state index in [0.29, 0.717) is 0 Å². The number of sulfonamides is 1. The minimum atomic E-state index is -3.92. The van der Waals surface area contributed by atoms with E-state index in [-0.39, 0.29) is 23.4 Å². The van der Waals surface area contributed by atoms with Crippen molar-refractivity contribution in [2.75, 3.05) is 20.1 Å². The molecule has 0 bridgehead atoms. The maximum absolute atomic E-state index is 11.8. The van der Waals surface area contributed by atoms with Gasteiger partial charge in [0.15, 0.2) is 0 Å². The van der Waals surface area contributed by atoms with Crippen LogP contribution in [0, 0.1) is 0 Å². The van der Waals surface area contributed by atoms with Gasteiger partial charge in [-0.1, -0.05) is 18.2 Å². The van der Waals surface area contributed by atoms with Crippen LogP contribution in [0.25, 0.3) is 0 Å². The zero-order valence-corrected chi connectivity index (χ0v) is 13.0. The van der Waals surface area contributed by atoms with Crippen molar-refractivity contribution in [1.29, 1.82) is 0 Å². The summed E-state index contributed by atoms with van der Waals surface area (Å²) in [5.74, 6) is -1.14. The lowest BCUT2D eigenvalue weighted by molar-refractivity contribution is -0.146. The number of primary sulfonamides is 1. The normalized spacial score (nSPS) is 19.8. The second-order valence-electron chi connectivity index (χ2n) is 5.36. The number of nitrogens with two attached hydrogens (primary N) is 1. The first-order valence-electron chi connectivity index (χ1n) is 6.54. The van der Waals surface area contributed by atoms with Crippen LogP contribution in [-0.4, -0.2) is 51.9 Å². The minimum absolute atomic E-state index is 0.0681. The van der Waals surface area contributed by atoms with E-state index in [2.05, 4.69) is 0 Å². The molecule has 10 heteroatoms. The van der Waals surface area contributed by atoms with E-state index < -0.39 is 28.5 Å². The highest BCUT2D eigenvalue weighted by molar-refractivity contribution is 7.89. The largest absolute Gasteiger partial charge is 0.652 e. The average Bonchev–Trinajstić information content (AvgIpc) is 2.35. The van der Waals surface area contributed by atoms with Crippen molar-refractivity contribution in [2.24, 2.45) is 5.14 Å². The molecule has 0 saturated carbocycles. The quantitative estimate of drug-likeness (QED) is 0.667. The SMILES string of the molecule is CN1CC(=O)O[B-](C)(c2cccc(S(N)(=O)=O)c2)OC(=O)C1. The van der Waals surface area contributed by atoms with Crippen molar-refractivity contribution < 1.29 is 27.3 Å². The fourth-order valence-corrected chi connectivity index (χ4v) is 2.82. The molecule has 1 aliphatic heterocycles. The standard InChI is InChI=1S/C12H16BN2O6S/c1-13(9-4-3-5-10(6-9)22(14,18)19)20-11(16)7-15(2)8-12(17)21-13/h3-6H,7-8H2,1-2H3,(H2,14,18,19)/q-1.